The van der Waals surface area contributed by atoms with Crippen molar-refractivity contribution in [2.45, 2.75) is 58.1 Å². The minimum atomic E-state index is -0.954. The lowest BCUT2D eigenvalue weighted by Crippen LogP contribution is -2.54. The molecule has 1 saturated carbocycles. The highest BCUT2D eigenvalue weighted by molar-refractivity contribution is 6.08. The van der Waals surface area contributed by atoms with Gasteiger partial charge in [0.1, 0.15) is 12.1 Å². The fraction of sp³-hybridized carbons (Fsp3) is 0.765. The Hall–Kier alpha value is -2.12. The molecule has 0 unspecified atom stereocenters. The predicted molar refractivity (Wildman–Crippen MR) is 85.2 cm³/mol. The van der Waals surface area contributed by atoms with Gasteiger partial charge in [-0.05, 0) is 30.6 Å². The first-order chi connectivity index (χ1) is 11.6. The standard InChI is InChI=1S/C17H24N2O6/c1-10-6-16(2,3)9-17(7-10)14(22)19(15(23)18-17)8-12(20)25-11-4-5-24-13(11)21/h10-11H,4-9H2,1-3H3,(H,18,23)/t10-,11-,17+/m1/s1. The molecule has 8 heteroatoms. The van der Waals surface area contributed by atoms with E-state index in [2.05, 4.69) is 26.1 Å². The molecule has 2 heterocycles. The van der Waals surface area contributed by atoms with Crippen LogP contribution in [0.5, 0.6) is 0 Å². The number of carbonyl (C=O) groups is 4. The third kappa shape index (κ3) is 3.34. The Bertz CT molecular complexity index is 631. The maximum atomic E-state index is 12.9. The summed E-state index contributed by atoms with van der Waals surface area (Å²) in [5, 5.41) is 2.80. The average Bonchev–Trinajstić information content (AvgIpc) is 2.94. The van der Waals surface area contributed by atoms with E-state index in [1.807, 2.05) is 0 Å². The summed E-state index contributed by atoms with van der Waals surface area (Å²) in [5.41, 5.74) is -1.03. The topological polar surface area (TPSA) is 102 Å². The van der Waals surface area contributed by atoms with Crippen molar-refractivity contribution in [3.05, 3.63) is 0 Å². The summed E-state index contributed by atoms with van der Waals surface area (Å²) in [6.45, 7) is 5.92. The summed E-state index contributed by atoms with van der Waals surface area (Å²) in [5.74, 6) is -1.48. The smallest absolute Gasteiger partial charge is 0.347 e. The maximum Gasteiger partial charge on any atom is 0.347 e. The molecular weight excluding hydrogens is 328 g/mol. The highest BCUT2D eigenvalue weighted by Gasteiger charge is 2.56. The van der Waals surface area contributed by atoms with Crippen LogP contribution in [0.2, 0.25) is 0 Å². The van der Waals surface area contributed by atoms with Gasteiger partial charge in [0, 0.05) is 6.42 Å². The summed E-state index contributed by atoms with van der Waals surface area (Å²) >= 11 is 0. The molecule has 8 nitrogen and oxygen atoms in total. The first-order valence-corrected chi connectivity index (χ1v) is 8.62. The highest BCUT2D eigenvalue weighted by Crippen LogP contribution is 2.46. The van der Waals surface area contributed by atoms with Gasteiger partial charge in [0.25, 0.3) is 5.91 Å². The van der Waals surface area contributed by atoms with E-state index in [0.29, 0.717) is 19.3 Å². The Morgan fingerprint density at radius 1 is 1.32 bits per heavy atom. The first kappa shape index (κ1) is 17.7. The van der Waals surface area contributed by atoms with Crippen LogP contribution in [-0.2, 0) is 23.9 Å². The monoisotopic (exact) mass is 352 g/mol. The van der Waals surface area contributed by atoms with E-state index in [0.717, 1.165) is 11.3 Å². The molecule has 3 amide bonds. The molecule has 1 N–H and O–H groups in total. The summed E-state index contributed by atoms with van der Waals surface area (Å²) in [4.78, 5) is 49.5. The molecule has 0 aromatic carbocycles. The van der Waals surface area contributed by atoms with E-state index < -0.39 is 36.2 Å². The molecule has 3 atom stereocenters. The average molecular weight is 352 g/mol. The molecule has 1 spiro atoms. The Labute approximate surface area is 146 Å². The van der Waals surface area contributed by atoms with Crippen molar-refractivity contribution in [3.8, 4) is 0 Å². The lowest BCUT2D eigenvalue weighted by atomic mass is 9.64. The number of cyclic esters (lactones) is 1. The molecule has 0 bridgehead atoms. The number of rotatable bonds is 3. The number of nitrogens with zero attached hydrogens (tertiary/aromatic N) is 1. The van der Waals surface area contributed by atoms with Crippen LogP contribution < -0.4 is 5.32 Å². The van der Waals surface area contributed by atoms with E-state index in [9.17, 15) is 19.2 Å². The fourth-order valence-electron chi connectivity index (χ4n) is 4.56. The van der Waals surface area contributed by atoms with Crippen LogP contribution in [0, 0.1) is 11.3 Å². The van der Waals surface area contributed by atoms with Crippen LogP contribution in [0.25, 0.3) is 0 Å². The fourth-order valence-corrected chi connectivity index (χ4v) is 4.56. The van der Waals surface area contributed by atoms with Crippen molar-refractivity contribution in [3.63, 3.8) is 0 Å². The third-order valence-electron chi connectivity index (χ3n) is 5.07. The van der Waals surface area contributed by atoms with E-state index in [1.54, 1.807) is 0 Å². The van der Waals surface area contributed by atoms with Crippen LogP contribution in [0.15, 0.2) is 0 Å². The van der Waals surface area contributed by atoms with E-state index in [1.165, 1.54) is 0 Å². The number of hydrogen-bond acceptors (Lipinski definition) is 6. The molecule has 2 aliphatic heterocycles. The van der Waals surface area contributed by atoms with Crippen molar-refractivity contribution in [2.24, 2.45) is 11.3 Å². The number of ether oxygens (including phenoxy) is 2. The van der Waals surface area contributed by atoms with Gasteiger partial charge in [0.15, 0.2) is 0 Å². The van der Waals surface area contributed by atoms with Crippen molar-refractivity contribution in [1.29, 1.82) is 0 Å². The quantitative estimate of drug-likeness (QED) is 0.600. The zero-order valence-electron chi connectivity index (χ0n) is 14.8. The Morgan fingerprint density at radius 3 is 2.64 bits per heavy atom. The molecule has 3 rings (SSSR count). The summed E-state index contributed by atoms with van der Waals surface area (Å²) < 4.78 is 9.76. The van der Waals surface area contributed by atoms with E-state index in [-0.39, 0.29) is 23.8 Å². The summed E-state index contributed by atoms with van der Waals surface area (Å²) in [6.07, 6.45) is 1.41. The lowest BCUT2D eigenvalue weighted by molar-refractivity contribution is -0.161. The van der Waals surface area contributed by atoms with Crippen molar-refractivity contribution in [1.82, 2.24) is 10.2 Å². The van der Waals surface area contributed by atoms with Gasteiger partial charge < -0.3 is 14.8 Å². The molecule has 3 aliphatic rings. The Morgan fingerprint density at radius 2 is 2.04 bits per heavy atom. The molecular formula is C17H24N2O6. The number of imide groups is 1. The molecule has 3 fully saturated rings. The van der Waals surface area contributed by atoms with Gasteiger partial charge in [-0.15, -0.1) is 0 Å². The van der Waals surface area contributed by atoms with E-state index >= 15 is 0 Å². The SMILES string of the molecule is C[C@@H]1CC(C)(C)C[C@]2(C1)NC(=O)N(CC(=O)O[C@@H]1CCOC1=O)C2=O. The molecule has 1 aliphatic carbocycles. The highest BCUT2D eigenvalue weighted by atomic mass is 16.6. The Balaban J connectivity index is 1.69. The molecule has 138 valence electrons. The number of hydrogen-bond donors (Lipinski definition) is 1. The van der Waals surface area contributed by atoms with Crippen LogP contribution in [0.3, 0.4) is 0 Å². The van der Waals surface area contributed by atoms with Gasteiger partial charge in [0.2, 0.25) is 6.10 Å². The normalized spacial score (nSPS) is 34.2. The second-order valence-electron chi connectivity index (χ2n) is 8.19. The third-order valence-corrected chi connectivity index (χ3v) is 5.07. The number of urea groups is 1. The maximum absolute atomic E-state index is 12.9. The minimum Gasteiger partial charge on any atom is -0.463 e. The molecule has 0 aromatic rings. The number of amides is 3. The van der Waals surface area contributed by atoms with Crippen molar-refractivity contribution in [2.75, 3.05) is 13.2 Å². The van der Waals surface area contributed by atoms with Gasteiger partial charge in [0.05, 0.1) is 6.61 Å². The van der Waals surface area contributed by atoms with Crippen LogP contribution in [0.1, 0.15) is 46.5 Å². The molecule has 0 aromatic heterocycles. The number of nitrogens with one attached hydrogen (secondary N) is 1. The second kappa shape index (κ2) is 6.00. The van der Waals surface area contributed by atoms with Gasteiger partial charge in [-0.3, -0.25) is 14.5 Å². The van der Waals surface area contributed by atoms with Crippen molar-refractivity contribution >= 4 is 23.9 Å². The van der Waals surface area contributed by atoms with Gasteiger partial charge in [-0.25, -0.2) is 9.59 Å². The van der Waals surface area contributed by atoms with Crippen molar-refractivity contribution < 1.29 is 28.7 Å². The second-order valence-corrected chi connectivity index (χ2v) is 8.19. The van der Waals surface area contributed by atoms with Gasteiger partial charge in [-0.1, -0.05) is 20.8 Å². The first-order valence-electron chi connectivity index (χ1n) is 8.62. The molecule has 0 radical (unpaired) electrons. The van der Waals surface area contributed by atoms with Crippen LogP contribution in [0.4, 0.5) is 4.79 Å². The number of esters is 2. The predicted octanol–water partition coefficient (Wildman–Crippen LogP) is 0.982. The van der Waals surface area contributed by atoms with E-state index in [4.69, 9.17) is 9.47 Å². The molecule has 2 saturated heterocycles. The zero-order valence-corrected chi connectivity index (χ0v) is 14.8. The molecule has 25 heavy (non-hydrogen) atoms. The summed E-state index contributed by atoms with van der Waals surface area (Å²) in [7, 11) is 0. The number of carbonyl (C=O) groups excluding carboxylic acids is 4. The van der Waals surface area contributed by atoms with Crippen LogP contribution in [-0.4, -0.2) is 53.6 Å². The van der Waals surface area contributed by atoms with Crippen LogP contribution >= 0.6 is 0 Å². The van der Waals surface area contributed by atoms with Gasteiger partial charge in [-0.2, -0.15) is 0 Å². The largest absolute Gasteiger partial charge is 0.463 e. The zero-order chi connectivity index (χ0) is 18.4. The Kier molecular flexibility index (Phi) is 4.25. The summed E-state index contributed by atoms with van der Waals surface area (Å²) in [6, 6.07) is -0.583. The van der Waals surface area contributed by atoms with Gasteiger partial charge >= 0.3 is 18.0 Å². The minimum absolute atomic E-state index is 0.0786. The lowest BCUT2D eigenvalue weighted by Gasteiger charge is -2.43.